The number of hydrogen-bond donors (Lipinski definition) is 1. The number of aryl methyl sites for hydroxylation is 1. The second kappa shape index (κ2) is 12.3. The summed E-state index contributed by atoms with van der Waals surface area (Å²) in [5.74, 6) is 2.02. The number of aromatic nitrogens is 1. The van der Waals surface area contributed by atoms with Gasteiger partial charge in [0.1, 0.15) is 6.26 Å². The highest BCUT2D eigenvalue weighted by Crippen LogP contribution is 2.18. The van der Waals surface area contributed by atoms with Gasteiger partial charge in [-0.05, 0) is 26.0 Å². The summed E-state index contributed by atoms with van der Waals surface area (Å²) in [5, 5.41) is 7.44. The van der Waals surface area contributed by atoms with Crippen LogP contribution in [-0.2, 0) is 6.54 Å². The molecule has 1 aliphatic heterocycles. The minimum atomic E-state index is 0. The molecular weight excluding hydrogens is 485 g/mol. The number of piperazine rings is 1. The number of nitrogens with zero attached hydrogens (tertiary/aromatic N) is 4. The maximum Gasteiger partial charge on any atom is 0.194 e. The minimum absolute atomic E-state index is 0. The molecule has 1 saturated heterocycles. The van der Waals surface area contributed by atoms with E-state index >= 15 is 0 Å². The molecule has 6 nitrogen and oxygen atoms in total. The van der Waals surface area contributed by atoms with Crippen molar-refractivity contribution < 1.29 is 4.52 Å². The lowest BCUT2D eigenvalue weighted by atomic mass is 10.2. The van der Waals surface area contributed by atoms with Crippen molar-refractivity contribution in [3.05, 3.63) is 47.9 Å². The zero-order valence-corrected chi connectivity index (χ0v) is 19.8. The molecule has 0 atom stereocenters. The number of rotatable bonds is 7. The van der Waals surface area contributed by atoms with Gasteiger partial charge in [-0.3, -0.25) is 9.89 Å². The van der Waals surface area contributed by atoms with Crippen LogP contribution in [-0.4, -0.2) is 65.9 Å². The van der Waals surface area contributed by atoms with Crippen molar-refractivity contribution in [2.75, 3.05) is 45.0 Å². The molecule has 0 amide bonds. The first-order valence-electron chi connectivity index (χ1n) is 9.59. The van der Waals surface area contributed by atoms with Crippen molar-refractivity contribution in [1.29, 1.82) is 0 Å². The zero-order chi connectivity index (χ0) is 18.9. The highest BCUT2D eigenvalue weighted by atomic mass is 127. The highest BCUT2D eigenvalue weighted by molar-refractivity contribution is 14.0. The third kappa shape index (κ3) is 7.29. The molecule has 28 heavy (non-hydrogen) atoms. The number of guanidine groups is 1. The molecule has 1 aromatic carbocycles. The van der Waals surface area contributed by atoms with Crippen LogP contribution in [0, 0.1) is 6.92 Å². The molecule has 0 bridgehead atoms. The minimum Gasteiger partial charge on any atom is -0.364 e. The monoisotopic (exact) mass is 515 g/mol. The number of aliphatic imine (C=N–C) groups is 1. The lowest BCUT2D eigenvalue weighted by molar-refractivity contribution is 0.169. The summed E-state index contributed by atoms with van der Waals surface area (Å²) in [5.41, 5.74) is 2.30. The normalized spacial score (nSPS) is 15.4. The van der Waals surface area contributed by atoms with Crippen LogP contribution in [0.15, 0.2) is 51.0 Å². The van der Waals surface area contributed by atoms with Gasteiger partial charge in [-0.2, -0.15) is 0 Å². The first-order chi connectivity index (χ1) is 13.2. The van der Waals surface area contributed by atoms with Gasteiger partial charge in [0.15, 0.2) is 5.96 Å². The molecule has 0 unspecified atom stereocenters. The Hall–Kier alpha value is -1.26. The van der Waals surface area contributed by atoms with Gasteiger partial charge in [-0.15, -0.1) is 35.7 Å². The van der Waals surface area contributed by atoms with Gasteiger partial charge in [0.25, 0.3) is 0 Å². The number of nitrogens with one attached hydrogen (secondary N) is 1. The molecule has 8 heteroatoms. The Morgan fingerprint density at radius 2 is 1.93 bits per heavy atom. The largest absolute Gasteiger partial charge is 0.364 e. The molecule has 0 radical (unpaired) electrons. The van der Waals surface area contributed by atoms with Crippen LogP contribution in [0.25, 0.3) is 0 Å². The van der Waals surface area contributed by atoms with E-state index in [4.69, 9.17) is 9.52 Å². The summed E-state index contributed by atoms with van der Waals surface area (Å²) in [6.07, 6.45) is 1.64. The smallest absolute Gasteiger partial charge is 0.194 e. The van der Waals surface area contributed by atoms with E-state index in [9.17, 15) is 0 Å². The molecule has 0 saturated carbocycles. The lowest BCUT2D eigenvalue weighted by Crippen LogP contribution is -2.52. The summed E-state index contributed by atoms with van der Waals surface area (Å²) >= 11 is 1.86. The molecule has 1 fully saturated rings. The number of halogens is 1. The fraction of sp³-hybridized carbons (Fsp3) is 0.500. The van der Waals surface area contributed by atoms with Crippen molar-refractivity contribution in [1.82, 2.24) is 20.3 Å². The predicted octanol–water partition coefficient (Wildman–Crippen LogP) is 3.48. The SMILES string of the molecule is CCNC(=NCCSc1ccc(C)cc1)N1CCN(Cc2ccon2)CC1.I. The van der Waals surface area contributed by atoms with E-state index in [1.165, 1.54) is 10.5 Å². The Kier molecular flexibility index (Phi) is 10.1. The Bertz CT molecular complexity index is 700. The molecule has 2 aromatic rings. The first-order valence-corrected chi connectivity index (χ1v) is 10.6. The lowest BCUT2D eigenvalue weighted by Gasteiger charge is -2.36. The number of benzene rings is 1. The fourth-order valence-corrected chi connectivity index (χ4v) is 3.79. The average Bonchev–Trinajstić information content (AvgIpc) is 3.19. The standard InChI is InChI=1S/C20H29N5OS.HI/c1-3-21-20(22-9-15-27-19-6-4-17(2)5-7-19)25-12-10-24(11-13-25)16-18-8-14-26-23-18;/h4-8,14H,3,9-13,15-16H2,1-2H3,(H,21,22);1H. The van der Waals surface area contributed by atoms with E-state index in [2.05, 4.69) is 58.4 Å². The van der Waals surface area contributed by atoms with E-state index < -0.39 is 0 Å². The summed E-state index contributed by atoms with van der Waals surface area (Å²) in [6, 6.07) is 10.6. The molecular formula is C20H30IN5OS. The van der Waals surface area contributed by atoms with Crippen LogP contribution in [0.2, 0.25) is 0 Å². The topological polar surface area (TPSA) is 56.9 Å². The molecule has 1 aromatic heterocycles. The zero-order valence-electron chi connectivity index (χ0n) is 16.6. The summed E-state index contributed by atoms with van der Waals surface area (Å²) in [7, 11) is 0. The highest BCUT2D eigenvalue weighted by Gasteiger charge is 2.20. The quantitative estimate of drug-likeness (QED) is 0.201. The Balaban J connectivity index is 0.00000280. The maximum atomic E-state index is 4.92. The first kappa shape index (κ1) is 23.0. The van der Waals surface area contributed by atoms with Crippen LogP contribution in [0.5, 0.6) is 0 Å². The summed E-state index contributed by atoms with van der Waals surface area (Å²) in [6.45, 7) is 10.8. The second-order valence-corrected chi connectivity index (χ2v) is 7.82. The van der Waals surface area contributed by atoms with Gasteiger partial charge in [0, 0.05) is 56.0 Å². The van der Waals surface area contributed by atoms with E-state index in [0.717, 1.165) is 63.2 Å². The number of hydrogen-bond acceptors (Lipinski definition) is 5. The molecule has 1 N–H and O–H groups in total. The third-order valence-corrected chi connectivity index (χ3v) is 5.52. The van der Waals surface area contributed by atoms with Crippen molar-refractivity contribution in [2.45, 2.75) is 25.3 Å². The Morgan fingerprint density at radius 1 is 1.18 bits per heavy atom. The van der Waals surface area contributed by atoms with Crippen LogP contribution >= 0.6 is 35.7 Å². The van der Waals surface area contributed by atoms with Crippen molar-refractivity contribution in [3.63, 3.8) is 0 Å². The van der Waals surface area contributed by atoms with Gasteiger partial charge in [0.2, 0.25) is 0 Å². The van der Waals surface area contributed by atoms with Gasteiger partial charge in [-0.25, -0.2) is 0 Å². The molecule has 3 rings (SSSR count). The second-order valence-electron chi connectivity index (χ2n) is 6.65. The molecule has 154 valence electrons. The van der Waals surface area contributed by atoms with Gasteiger partial charge >= 0.3 is 0 Å². The van der Waals surface area contributed by atoms with Crippen LogP contribution in [0.4, 0.5) is 0 Å². The maximum absolute atomic E-state index is 4.92. The average molecular weight is 515 g/mol. The predicted molar refractivity (Wildman–Crippen MR) is 127 cm³/mol. The Labute approximate surface area is 189 Å². The van der Waals surface area contributed by atoms with Crippen molar-refractivity contribution >= 4 is 41.7 Å². The van der Waals surface area contributed by atoms with Gasteiger partial charge in [-0.1, -0.05) is 22.9 Å². The van der Waals surface area contributed by atoms with Crippen LogP contribution in [0.1, 0.15) is 18.2 Å². The van der Waals surface area contributed by atoms with Crippen LogP contribution < -0.4 is 5.32 Å². The van der Waals surface area contributed by atoms with E-state index in [-0.39, 0.29) is 24.0 Å². The summed E-state index contributed by atoms with van der Waals surface area (Å²) in [4.78, 5) is 10.9. The van der Waals surface area contributed by atoms with E-state index in [0.29, 0.717) is 0 Å². The van der Waals surface area contributed by atoms with Crippen LogP contribution in [0.3, 0.4) is 0 Å². The summed E-state index contributed by atoms with van der Waals surface area (Å²) < 4.78 is 4.92. The molecule has 2 heterocycles. The molecule has 0 spiro atoms. The van der Waals surface area contributed by atoms with Gasteiger partial charge < -0.3 is 14.7 Å². The van der Waals surface area contributed by atoms with Crippen molar-refractivity contribution in [2.24, 2.45) is 4.99 Å². The van der Waals surface area contributed by atoms with E-state index in [1.54, 1.807) is 6.26 Å². The number of thioether (sulfide) groups is 1. The van der Waals surface area contributed by atoms with Gasteiger partial charge in [0.05, 0.1) is 12.2 Å². The third-order valence-electron chi connectivity index (χ3n) is 4.53. The fourth-order valence-electron chi connectivity index (χ4n) is 3.04. The van der Waals surface area contributed by atoms with E-state index in [1.807, 2.05) is 17.8 Å². The van der Waals surface area contributed by atoms with Crippen molar-refractivity contribution in [3.8, 4) is 0 Å². The Morgan fingerprint density at radius 3 is 2.57 bits per heavy atom. The molecule has 1 aliphatic rings. The molecule has 0 aliphatic carbocycles.